The Bertz CT molecular complexity index is 1480. The number of rotatable bonds is 6. The molecule has 2 heterocycles. The average molecular weight is 471 g/mol. The van der Waals surface area contributed by atoms with Gasteiger partial charge in [0, 0.05) is 29.6 Å². The van der Waals surface area contributed by atoms with Crippen molar-refractivity contribution in [2.45, 2.75) is 24.8 Å². The van der Waals surface area contributed by atoms with Crippen molar-refractivity contribution in [2.75, 3.05) is 10.5 Å². The number of nitrogens with two attached hydrogens (primary N) is 1. The Morgan fingerprint density at radius 3 is 2.45 bits per heavy atom. The van der Waals surface area contributed by atoms with Crippen LogP contribution in [0.25, 0.3) is 11.0 Å². The number of hydrogen-bond acceptors (Lipinski definition) is 6. The van der Waals surface area contributed by atoms with Crippen LogP contribution < -0.4 is 10.5 Å². The topological polar surface area (TPSA) is 120 Å². The Labute approximate surface area is 188 Å². The number of nitrogens with one attached hydrogen (secondary N) is 1. The molecule has 2 aromatic heterocycles. The van der Waals surface area contributed by atoms with Gasteiger partial charge >= 0.3 is 0 Å². The normalized spacial score (nSPS) is 11.8. The van der Waals surface area contributed by atoms with Crippen molar-refractivity contribution in [1.29, 1.82) is 0 Å². The quantitative estimate of drug-likeness (QED) is 0.412. The maximum Gasteiger partial charge on any atom is 0.262 e. The van der Waals surface area contributed by atoms with Gasteiger partial charge in [-0.05, 0) is 38.1 Å². The number of fused-ring (bicyclic) bond motifs is 1. The number of nitrogen functional groups attached to an aromatic ring is 1. The van der Waals surface area contributed by atoms with E-state index in [1.54, 1.807) is 10.8 Å². The largest absolute Gasteiger partial charge is 0.383 e. The van der Waals surface area contributed by atoms with Crippen LogP contribution in [0.5, 0.6) is 0 Å². The van der Waals surface area contributed by atoms with Crippen LogP contribution in [0.15, 0.2) is 59.9 Å². The van der Waals surface area contributed by atoms with E-state index in [2.05, 4.69) is 14.7 Å². The zero-order valence-electron chi connectivity index (χ0n) is 17.6. The Kier molecular flexibility index (Phi) is 5.58. The van der Waals surface area contributed by atoms with Crippen LogP contribution in [0.3, 0.4) is 0 Å². The number of benzene rings is 2. The molecule has 0 saturated carbocycles. The molecular formula is C22H19F2N5O3S. The molecule has 3 N–H and O–H groups in total. The first-order valence-corrected chi connectivity index (χ1v) is 11.3. The summed E-state index contributed by atoms with van der Waals surface area (Å²) in [5, 5.41) is 0.400. The number of carbonyl (C=O) groups is 1. The fourth-order valence-corrected chi connectivity index (χ4v) is 4.54. The molecule has 0 aliphatic carbocycles. The maximum absolute atomic E-state index is 13.5. The van der Waals surface area contributed by atoms with Gasteiger partial charge in [0.2, 0.25) is 0 Å². The second kappa shape index (κ2) is 8.24. The number of anilines is 2. The molecule has 0 amide bonds. The summed E-state index contributed by atoms with van der Waals surface area (Å²) >= 11 is 0. The smallest absolute Gasteiger partial charge is 0.262 e. The van der Waals surface area contributed by atoms with Crippen molar-refractivity contribution in [2.24, 2.45) is 0 Å². The lowest BCUT2D eigenvalue weighted by Crippen LogP contribution is -2.14. The third kappa shape index (κ3) is 4.27. The van der Waals surface area contributed by atoms with E-state index >= 15 is 0 Å². The van der Waals surface area contributed by atoms with E-state index in [4.69, 9.17) is 5.73 Å². The summed E-state index contributed by atoms with van der Waals surface area (Å²) < 4.78 is 56.2. The number of sulfonamides is 1. The van der Waals surface area contributed by atoms with Gasteiger partial charge in [-0.15, -0.1) is 0 Å². The van der Waals surface area contributed by atoms with E-state index in [-0.39, 0.29) is 28.7 Å². The molecule has 0 fully saturated rings. The van der Waals surface area contributed by atoms with Crippen molar-refractivity contribution in [3.05, 3.63) is 77.8 Å². The molecule has 4 aromatic rings. The highest BCUT2D eigenvalue weighted by molar-refractivity contribution is 7.92. The molecule has 0 radical (unpaired) electrons. The Morgan fingerprint density at radius 1 is 1.09 bits per heavy atom. The van der Waals surface area contributed by atoms with Gasteiger partial charge in [-0.25, -0.2) is 27.2 Å². The molecule has 2 aromatic carbocycles. The molecular weight excluding hydrogens is 452 g/mol. The summed E-state index contributed by atoms with van der Waals surface area (Å²) in [6, 6.07) is 7.70. The molecule has 4 rings (SSSR count). The van der Waals surface area contributed by atoms with Crippen molar-refractivity contribution < 1.29 is 22.0 Å². The molecule has 0 spiro atoms. The van der Waals surface area contributed by atoms with E-state index in [0.29, 0.717) is 29.2 Å². The Hall–Kier alpha value is -3.86. The van der Waals surface area contributed by atoms with Crippen LogP contribution in [0.4, 0.5) is 20.3 Å². The number of carbonyl (C=O) groups excluding carboxylic acids is 1. The van der Waals surface area contributed by atoms with E-state index in [1.165, 1.54) is 30.6 Å². The molecule has 8 nitrogen and oxygen atoms in total. The van der Waals surface area contributed by atoms with Crippen LogP contribution in [-0.4, -0.2) is 28.7 Å². The van der Waals surface area contributed by atoms with Crippen molar-refractivity contribution in [3.63, 3.8) is 0 Å². The fourth-order valence-electron chi connectivity index (χ4n) is 3.45. The molecule has 11 heteroatoms. The standard InChI is InChI=1S/C22H19F2N5O3S/c1-12(2)29-10-18(19-21(25)26-11-27-22(19)29)20(30)13-4-3-5-16(6-13)28-33(31,32)17-8-14(23)7-15(24)9-17/h3-12,28H,1-2H3,(H2,25,26,27). The first-order valence-electron chi connectivity index (χ1n) is 9.81. The molecule has 33 heavy (non-hydrogen) atoms. The van der Waals surface area contributed by atoms with Crippen LogP contribution in [-0.2, 0) is 10.0 Å². The van der Waals surface area contributed by atoms with Crippen LogP contribution in [0.2, 0.25) is 0 Å². The molecule has 0 aliphatic heterocycles. The monoisotopic (exact) mass is 471 g/mol. The lowest BCUT2D eigenvalue weighted by Gasteiger charge is -2.10. The third-order valence-electron chi connectivity index (χ3n) is 4.96. The predicted molar refractivity (Wildman–Crippen MR) is 119 cm³/mol. The Balaban J connectivity index is 1.72. The molecule has 170 valence electrons. The molecule has 0 atom stereocenters. The number of hydrogen-bond donors (Lipinski definition) is 2. The average Bonchev–Trinajstić information content (AvgIpc) is 3.14. The Morgan fingerprint density at radius 2 is 1.79 bits per heavy atom. The van der Waals surface area contributed by atoms with Gasteiger partial charge in [-0.3, -0.25) is 9.52 Å². The van der Waals surface area contributed by atoms with Gasteiger partial charge in [0.1, 0.15) is 29.4 Å². The summed E-state index contributed by atoms with van der Waals surface area (Å²) in [4.78, 5) is 21.0. The first kappa shape index (κ1) is 22.3. The fraction of sp³-hybridized carbons (Fsp3) is 0.136. The van der Waals surface area contributed by atoms with Crippen LogP contribution >= 0.6 is 0 Å². The summed E-state index contributed by atoms with van der Waals surface area (Å²) in [6.07, 6.45) is 2.95. The number of nitrogens with zero attached hydrogens (tertiary/aromatic N) is 3. The second-order valence-electron chi connectivity index (χ2n) is 7.62. The third-order valence-corrected chi connectivity index (χ3v) is 6.32. The zero-order chi connectivity index (χ0) is 23.9. The van der Waals surface area contributed by atoms with Crippen molar-refractivity contribution in [3.8, 4) is 0 Å². The minimum absolute atomic E-state index is 0.00634. The van der Waals surface area contributed by atoms with E-state index in [1.807, 2.05) is 13.8 Å². The van der Waals surface area contributed by atoms with Crippen molar-refractivity contribution in [1.82, 2.24) is 14.5 Å². The number of aromatic nitrogens is 3. The van der Waals surface area contributed by atoms with Gasteiger partial charge in [0.25, 0.3) is 10.0 Å². The lowest BCUT2D eigenvalue weighted by atomic mass is 10.0. The zero-order valence-corrected chi connectivity index (χ0v) is 18.4. The minimum atomic E-state index is -4.30. The van der Waals surface area contributed by atoms with E-state index < -0.39 is 32.3 Å². The first-order chi connectivity index (χ1) is 15.6. The van der Waals surface area contributed by atoms with Crippen LogP contribution in [0, 0.1) is 11.6 Å². The van der Waals surface area contributed by atoms with Gasteiger partial charge in [0.15, 0.2) is 5.78 Å². The van der Waals surface area contributed by atoms with E-state index in [0.717, 1.165) is 0 Å². The highest BCUT2D eigenvalue weighted by Crippen LogP contribution is 2.29. The van der Waals surface area contributed by atoms with Gasteiger partial charge in [-0.2, -0.15) is 0 Å². The highest BCUT2D eigenvalue weighted by atomic mass is 32.2. The SMILES string of the molecule is CC(C)n1cc(C(=O)c2cccc(NS(=O)(=O)c3cc(F)cc(F)c3)c2)c2c(N)ncnc21. The van der Waals surface area contributed by atoms with Crippen molar-refractivity contribution >= 4 is 38.3 Å². The van der Waals surface area contributed by atoms with Gasteiger partial charge in [-0.1, -0.05) is 12.1 Å². The summed E-state index contributed by atoms with van der Waals surface area (Å²) in [6.45, 7) is 3.85. The molecule has 0 aliphatic rings. The summed E-state index contributed by atoms with van der Waals surface area (Å²) in [7, 11) is -4.30. The number of ketones is 1. The maximum atomic E-state index is 13.5. The van der Waals surface area contributed by atoms with Gasteiger partial charge < -0.3 is 10.3 Å². The molecule has 0 bridgehead atoms. The lowest BCUT2D eigenvalue weighted by molar-refractivity contribution is 0.104. The van der Waals surface area contributed by atoms with E-state index in [9.17, 15) is 22.0 Å². The van der Waals surface area contributed by atoms with Crippen LogP contribution in [0.1, 0.15) is 35.8 Å². The molecule has 0 saturated heterocycles. The minimum Gasteiger partial charge on any atom is -0.383 e. The molecule has 0 unspecified atom stereocenters. The van der Waals surface area contributed by atoms with Gasteiger partial charge in [0.05, 0.1) is 15.8 Å². The predicted octanol–water partition coefficient (Wildman–Crippen LogP) is 3.90. The highest BCUT2D eigenvalue weighted by Gasteiger charge is 2.22. The number of halogens is 2. The second-order valence-corrected chi connectivity index (χ2v) is 9.30. The summed E-state index contributed by atoms with van der Waals surface area (Å²) in [5.41, 5.74) is 7.01. The summed E-state index contributed by atoms with van der Waals surface area (Å²) in [5.74, 6) is -2.33.